The lowest BCUT2D eigenvalue weighted by molar-refractivity contribution is -0.660. The Balaban J connectivity index is 1.61. The largest absolute Gasteiger partial charge is 0.455 e. The lowest BCUT2D eigenvalue weighted by Gasteiger charge is -2.08. The van der Waals surface area contributed by atoms with Gasteiger partial charge in [-0.25, -0.2) is 4.57 Å². The van der Waals surface area contributed by atoms with E-state index in [-0.39, 0.29) is 0 Å². The molecule has 3 heteroatoms. The van der Waals surface area contributed by atoms with E-state index in [0.29, 0.717) is 5.56 Å². The maximum Gasteiger partial charge on any atom is 0.212 e. The van der Waals surface area contributed by atoms with Crippen molar-refractivity contribution in [3.8, 4) is 39.6 Å². The Kier molecular flexibility index (Phi) is 4.94. The summed E-state index contributed by atoms with van der Waals surface area (Å²) in [6, 6.07) is 35.4. The summed E-state index contributed by atoms with van der Waals surface area (Å²) in [6.07, 6.45) is 2.05. The van der Waals surface area contributed by atoms with Crippen LogP contribution >= 0.6 is 0 Å². The molecule has 35 heavy (non-hydrogen) atoms. The number of furan rings is 1. The van der Waals surface area contributed by atoms with Gasteiger partial charge in [-0.1, -0.05) is 48.5 Å². The molecule has 6 aromatic rings. The molecule has 166 valence electrons. The van der Waals surface area contributed by atoms with Crippen LogP contribution < -0.4 is 4.57 Å². The van der Waals surface area contributed by atoms with E-state index in [2.05, 4.69) is 85.4 Å². The summed E-state index contributed by atoms with van der Waals surface area (Å²) in [5.41, 5.74) is 9.66. The summed E-state index contributed by atoms with van der Waals surface area (Å²) in [4.78, 5) is 0. The molecule has 0 saturated heterocycles. The number of aryl methyl sites for hydroxylation is 2. The van der Waals surface area contributed by atoms with E-state index in [0.717, 1.165) is 55.4 Å². The van der Waals surface area contributed by atoms with Crippen molar-refractivity contribution in [3.05, 3.63) is 114 Å². The van der Waals surface area contributed by atoms with E-state index in [1.807, 2.05) is 42.5 Å². The van der Waals surface area contributed by atoms with E-state index < -0.39 is 0 Å². The predicted octanol–water partition coefficient (Wildman–Crippen LogP) is 7.59. The SMILES string of the molecule is Cc1cc2c(cc1-c1cccc[n+]1C)oc1c(-c3cccc(-c4ccccc4)c3)c(C#N)ccc12. The molecule has 0 bridgehead atoms. The Morgan fingerprint density at radius 3 is 2.31 bits per heavy atom. The number of hydrogen-bond donors (Lipinski definition) is 0. The van der Waals surface area contributed by atoms with Crippen LogP contribution in [-0.4, -0.2) is 0 Å². The summed E-state index contributed by atoms with van der Waals surface area (Å²) in [5.74, 6) is 0. The molecule has 0 amide bonds. The molecular weight excluding hydrogens is 428 g/mol. The molecule has 0 aliphatic heterocycles. The zero-order valence-electron chi connectivity index (χ0n) is 19.6. The number of nitriles is 1. The molecule has 0 saturated carbocycles. The lowest BCUT2D eigenvalue weighted by Crippen LogP contribution is -2.30. The fourth-order valence-corrected chi connectivity index (χ4v) is 4.94. The van der Waals surface area contributed by atoms with Gasteiger partial charge in [-0.2, -0.15) is 5.26 Å². The fourth-order valence-electron chi connectivity index (χ4n) is 4.94. The average molecular weight is 452 g/mol. The maximum atomic E-state index is 9.97. The van der Waals surface area contributed by atoms with Gasteiger partial charge in [-0.05, 0) is 65.6 Å². The van der Waals surface area contributed by atoms with Crippen molar-refractivity contribution < 1.29 is 8.98 Å². The lowest BCUT2D eigenvalue weighted by atomic mass is 9.94. The van der Waals surface area contributed by atoms with Gasteiger partial charge in [0.15, 0.2) is 6.20 Å². The van der Waals surface area contributed by atoms with Crippen LogP contribution in [0.15, 0.2) is 108 Å². The Labute approximate surface area is 204 Å². The molecule has 0 spiro atoms. The molecule has 0 radical (unpaired) electrons. The minimum Gasteiger partial charge on any atom is -0.455 e. The highest BCUT2D eigenvalue weighted by molar-refractivity contribution is 6.11. The van der Waals surface area contributed by atoms with Crippen molar-refractivity contribution in [3.63, 3.8) is 0 Å². The van der Waals surface area contributed by atoms with Gasteiger partial charge in [-0.15, -0.1) is 0 Å². The Bertz CT molecular complexity index is 1770. The molecule has 2 heterocycles. The monoisotopic (exact) mass is 451 g/mol. The second-order valence-electron chi connectivity index (χ2n) is 8.89. The number of pyridine rings is 1. The zero-order valence-corrected chi connectivity index (χ0v) is 19.6. The molecule has 6 rings (SSSR count). The first kappa shape index (κ1) is 20.9. The molecule has 0 aliphatic carbocycles. The zero-order chi connectivity index (χ0) is 23.9. The summed E-state index contributed by atoms with van der Waals surface area (Å²) >= 11 is 0. The number of aromatic nitrogens is 1. The number of fused-ring (bicyclic) bond motifs is 3. The fraction of sp³-hybridized carbons (Fsp3) is 0.0625. The van der Waals surface area contributed by atoms with Crippen molar-refractivity contribution >= 4 is 21.9 Å². The quantitative estimate of drug-likeness (QED) is 0.260. The van der Waals surface area contributed by atoms with Gasteiger partial charge in [0.2, 0.25) is 5.69 Å². The number of benzene rings is 4. The van der Waals surface area contributed by atoms with Crippen LogP contribution in [0.25, 0.3) is 55.4 Å². The van der Waals surface area contributed by atoms with E-state index in [4.69, 9.17) is 4.42 Å². The molecule has 0 fully saturated rings. The highest BCUT2D eigenvalue weighted by Crippen LogP contribution is 2.40. The minimum atomic E-state index is 0.605. The van der Waals surface area contributed by atoms with E-state index in [1.54, 1.807) is 0 Å². The minimum absolute atomic E-state index is 0.605. The molecule has 2 aromatic heterocycles. The number of rotatable bonds is 3. The summed E-state index contributed by atoms with van der Waals surface area (Å²) < 4.78 is 8.64. The summed E-state index contributed by atoms with van der Waals surface area (Å²) in [5, 5.41) is 12.1. The van der Waals surface area contributed by atoms with E-state index in [1.165, 1.54) is 5.56 Å². The van der Waals surface area contributed by atoms with Crippen LogP contribution in [0, 0.1) is 18.3 Å². The second-order valence-corrected chi connectivity index (χ2v) is 8.89. The van der Waals surface area contributed by atoms with Crippen LogP contribution in [0.1, 0.15) is 11.1 Å². The predicted molar refractivity (Wildman–Crippen MR) is 141 cm³/mol. The Hall–Kier alpha value is -4.68. The molecule has 0 N–H and O–H groups in total. The standard InChI is InChI=1S/C32H23N2O/c1-21-17-28-26-15-14-25(20-33)31(24-12-8-11-23(18-24)22-9-4-3-5-10-22)32(26)35-30(28)19-27(21)29-13-6-7-16-34(29)2/h3-19H,1-2H3/q+1. The highest BCUT2D eigenvalue weighted by atomic mass is 16.3. The van der Waals surface area contributed by atoms with Gasteiger partial charge in [0, 0.05) is 28.5 Å². The van der Waals surface area contributed by atoms with E-state index in [9.17, 15) is 5.26 Å². The third-order valence-electron chi connectivity index (χ3n) is 6.70. The van der Waals surface area contributed by atoms with Crippen LogP contribution in [-0.2, 0) is 7.05 Å². The van der Waals surface area contributed by atoms with Crippen LogP contribution in [0.3, 0.4) is 0 Å². The van der Waals surface area contributed by atoms with Crippen LogP contribution in [0.4, 0.5) is 0 Å². The molecule has 4 aromatic carbocycles. The Morgan fingerprint density at radius 1 is 0.743 bits per heavy atom. The first-order valence-corrected chi connectivity index (χ1v) is 11.6. The normalized spacial score (nSPS) is 11.1. The molecular formula is C32H23N2O+. The van der Waals surface area contributed by atoms with Gasteiger partial charge < -0.3 is 4.42 Å². The van der Waals surface area contributed by atoms with Crippen LogP contribution in [0.2, 0.25) is 0 Å². The Morgan fingerprint density at radius 2 is 1.51 bits per heavy atom. The first-order valence-electron chi connectivity index (χ1n) is 11.6. The third kappa shape index (κ3) is 3.48. The number of hydrogen-bond acceptors (Lipinski definition) is 2. The first-order chi connectivity index (χ1) is 17.1. The molecule has 0 aliphatic rings. The van der Waals surface area contributed by atoms with Crippen molar-refractivity contribution in [2.75, 3.05) is 0 Å². The number of nitrogens with zero attached hydrogens (tertiary/aromatic N) is 2. The van der Waals surface area contributed by atoms with Crippen molar-refractivity contribution in [2.45, 2.75) is 6.92 Å². The topological polar surface area (TPSA) is 40.8 Å². The van der Waals surface area contributed by atoms with Gasteiger partial charge in [0.05, 0.1) is 17.2 Å². The third-order valence-corrected chi connectivity index (χ3v) is 6.70. The van der Waals surface area contributed by atoms with E-state index >= 15 is 0 Å². The highest BCUT2D eigenvalue weighted by Gasteiger charge is 2.20. The molecule has 3 nitrogen and oxygen atoms in total. The van der Waals surface area contributed by atoms with Crippen molar-refractivity contribution in [1.29, 1.82) is 5.26 Å². The maximum absolute atomic E-state index is 9.97. The van der Waals surface area contributed by atoms with Gasteiger partial charge in [0.25, 0.3) is 0 Å². The molecule has 0 unspecified atom stereocenters. The average Bonchev–Trinajstić information content (AvgIpc) is 3.26. The second kappa shape index (κ2) is 8.27. The van der Waals surface area contributed by atoms with Gasteiger partial charge >= 0.3 is 0 Å². The smallest absolute Gasteiger partial charge is 0.212 e. The van der Waals surface area contributed by atoms with Gasteiger partial charge in [-0.3, -0.25) is 0 Å². The van der Waals surface area contributed by atoms with Crippen molar-refractivity contribution in [1.82, 2.24) is 0 Å². The van der Waals surface area contributed by atoms with Crippen LogP contribution in [0.5, 0.6) is 0 Å². The summed E-state index contributed by atoms with van der Waals surface area (Å²) in [7, 11) is 2.05. The summed E-state index contributed by atoms with van der Waals surface area (Å²) in [6.45, 7) is 2.13. The van der Waals surface area contributed by atoms with Gasteiger partial charge in [0.1, 0.15) is 18.2 Å². The molecule has 0 atom stereocenters. The van der Waals surface area contributed by atoms with Crippen molar-refractivity contribution in [2.24, 2.45) is 7.05 Å².